The predicted octanol–water partition coefficient (Wildman–Crippen LogP) is 2.79. The van der Waals surface area contributed by atoms with Crippen LogP contribution in [0.15, 0.2) is 60.0 Å². The Kier molecular flexibility index (Phi) is 8.11. The summed E-state index contributed by atoms with van der Waals surface area (Å²) in [5.41, 5.74) is 1.06. The van der Waals surface area contributed by atoms with E-state index >= 15 is 0 Å². The second-order valence-corrected chi connectivity index (χ2v) is 7.68. The molecule has 0 saturated carbocycles. The van der Waals surface area contributed by atoms with Crippen molar-refractivity contribution in [2.75, 3.05) is 13.2 Å². The van der Waals surface area contributed by atoms with E-state index in [4.69, 9.17) is 9.47 Å². The van der Waals surface area contributed by atoms with Gasteiger partial charge in [-0.15, -0.1) is 0 Å². The Morgan fingerprint density at radius 3 is 2.34 bits per heavy atom. The zero-order valence-electron chi connectivity index (χ0n) is 16.2. The lowest BCUT2D eigenvalue weighted by Gasteiger charge is -2.12. The van der Waals surface area contributed by atoms with Crippen LogP contribution in [0.2, 0.25) is 0 Å². The maximum atomic E-state index is 12.1. The third-order valence-electron chi connectivity index (χ3n) is 3.77. The molecule has 0 bridgehead atoms. The van der Waals surface area contributed by atoms with Crippen LogP contribution in [0.4, 0.5) is 0 Å². The van der Waals surface area contributed by atoms with Gasteiger partial charge in [0, 0.05) is 11.0 Å². The number of nitrogens with one attached hydrogen (secondary N) is 1. The third-order valence-corrected chi connectivity index (χ3v) is 4.94. The van der Waals surface area contributed by atoms with E-state index in [1.54, 1.807) is 48.5 Å². The molecule has 2 rings (SSSR count). The number of benzene rings is 2. The summed E-state index contributed by atoms with van der Waals surface area (Å²) in [4.78, 5) is 24.1. The molecule has 0 unspecified atom stereocenters. The van der Waals surface area contributed by atoms with Crippen LogP contribution in [0.25, 0.3) is 6.08 Å². The van der Waals surface area contributed by atoms with Crippen LogP contribution in [0, 0.1) is 0 Å². The van der Waals surface area contributed by atoms with Crippen molar-refractivity contribution < 1.29 is 27.5 Å². The standard InChI is InChI=1S/C21H23NO6S/c1-3-27-19-11-9-18(10-12-19)20(23)15-28-21(24)16(2)22-29(25,26)14-13-17-7-5-4-6-8-17/h4-14,16,22H,3,15H2,1-2H3/b14-13+/t16-/m0/s1. The van der Waals surface area contributed by atoms with Gasteiger partial charge in [0.15, 0.2) is 12.4 Å². The van der Waals surface area contributed by atoms with Crippen molar-refractivity contribution in [1.82, 2.24) is 4.72 Å². The fraction of sp³-hybridized carbons (Fsp3) is 0.238. The Morgan fingerprint density at radius 1 is 1.07 bits per heavy atom. The average Bonchev–Trinajstić information content (AvgIpc) is 2.71. The second kappa shape index (κ2) is 10.5. The largest absolute Gasteiger partial charge is 0.494 e. The van der Waals surface area contributed by atoms with Gasteiger partial charge in [-0.3, -0.25) is 9.59 Å². The molecular weight excluding hydrogens is 394 g/mol. The van der Waals surface area contributed by atoms with Crippen LogP contribution < -0.4 is 9.46 Å². The van der Waals surface area contributed by atoms with Crippen LogP contribution in [-0.4, -0.2) is 39.4 Å². The van der Waals surface area contributed by atoms with Crippen molar-refractivity contribution in [2.24, 2.45) is 0 Å². The lowest BCUT2D eigenvalue weighted by Crippen LogP contribution is -2.39. The SMILES string of the molecule is CCOc1ccc(C(=O)COC(=O)[C@H](C)NS(=O)(=O)/C=C/c2ccccc2)cc1. The summed E-state index contributed by atoms with van der Waals surface area (Å²) in [6, 6.07) is 14.2. The number of ether oxygens (including phenoxy) is 2. The van der Waals surface area contributed by atoms with Gasteiger partial charge in [0.05, 0.1) is 6.61 Å². The molecule has 0 aliphatic carbocycles. The number of ketones is 1. The first-order valence-electron chi connectivity index (χ1n) is 8.99. The minimum Gasteiger partial charge on any atom is -0.494 e. The van der Waals surface area contributed by atoms with Gasteiger partial charge in [-0.2, -0.15) is 4.72 Å². The Bertz CT molecular complexity index is 952. The lowest BCUT2D eigenvalue weighted by atomic mass is 10.1. The van der Waals surface area contributed by atoms with E-state index in [1.165, 1.54) is 13.0 Å². The molecule has 29 heavy (non-hydrogen) atoms. The van der Waals surface area contributed by atoms with Gasteiger partial charge >= 0.3 is 5.97 Å². The number of hydrogen-bond donors (Lipinski definition) is 1. The quantitative estimate of drug-likeness (QED) is 0.471. The molecule has 2 aromatic rings. The van der Waals surface area contributed by atoms with Crippen LogP contribution >= 0.6 is 0 Å². The molecule has 1 atom stereocenters. The van der Waals surface area contributed by atoms with Gasteiger partial charge in [0.1, 0.15) is 11.8 Å². The highest BCUT2D eigenvalue weighted by Crippen LogP contribution is 2.12. The molecule has 0 aromatic heterocycles. The summed E-state index contributed by atoms with van der Waals surface area (Å²) in [6.07, 6.45) is 1.41. The fourth-order valence-electron chi connectivity index (χ4n) is 2.31. The van der Waals surface area contributed by atoms with Crippen molar-refractivity contribution in [3.63, 3.8) is 0 Å². The summed E-state index contributed by atoms with van der Waals surface area (Å²) >= 11 is 0. The number of carbonyl (C=O) groups excluding carboxylic acids is 2. The van der Waals surface area contributed by atoms with E-state index < -0.39 is 34.4 Å². The van der Waals surface area contributed by atoms with Crippen LogP contribution in [0.3, 0.4) is 0 Å². The fourth-order valence-corrected chi connectivity index (χ4v) is 3.32. The van der Waals surface area contributed by atoms with Crippen molar-refractivity contribution in [3.8, 4) is 5.75 Å². The molecule has 0 fully saturated rings. The van der Waals surface area contributed by atoms with Crippen molar-refractivity contribution >= 4 is 27.9 Å². The van der Waals surface area contributed by atoms with Gasteiger partial charge in [-0.25, -0.2) is 8.42 Å². The second-order valence-electron chi connectivity index (χ2n) is 6.09. The summed E-state index contributed by atoms with van der Waals surface area (Å²) in [5, 5.41) is 0.969. The van der Waals surface area contributed by atoms with Gasteiger partial charge in [-0.1, -0.05) is 30.3 Å². The first-order valence-corrected chi connectivity index (χ1v) is 10.5. The van der Waals surface area contributed by atoms with E-state index in [-0.39, 0.29) is 0 Å². The van der Waals surface area contributed by atoms with E-state index in [0.717, 1.165) is 5.41 Å². The molecule has 7 nitrogen and oxygen atoms in total. The Labute approximate surface area is 170 Å². The number of sulfonamides is 1. The lowest BCUT2D eigenvalue weighted by molar-refractivity contribution is -0.144. The summed E-state index contributed by atoms with van der Waals surface area (Å²) in [6.45, 7) is 3.22. The molecule has 0 aliphatic heterocycles. The van der Waals surface area contributed by atoms with Crippen molar-refractivity contribution in [3.05, 3.63) is 71.1 Å². The molecule has 2 aromatic carbocycles. The van der Waals surface area contributed by atoms with Crippen LogP contribution in [0.5, 0.6) is 5.75 Å². The molecule has 0 spiro atoms. The molecule has 0 heterocycles. The Hall–Kier alpha value is -2.97. The first-order chi connectivity index (χ1) is 13.8. The van der Waals surface area contributed by atoms with Crippen LogP contribution in [0.1, 0.15) is 29.8 Å². The molecular formula is C21H23NO6S. The molecule has 154 valence electrons. The summed E-state index contributed by atoms with van der Waals surface area (Å²) in [7, 11) is -3.86. The van der Waals surface area contributed by atoms with Gasteiger partial charge in [0.25, 0.3) is 0 Å². The van der Waals surface area contributed by atoms with Crippen LogP contribution in [-0.2, 0) is 19.6 Å². The number of esters is 1. The molecule has 1 N–H and O–H groups in total. The molecule has 0 saturated heterocycles. The van der Waals surface area contributed by atoms with Gasteiger partial charge < -0.3 is 9.47 Å². The van der Waals surface area contributed by atoms with E-state index in [1.807, 2.05) is 13.0 Å². The topological polar surface area (TPSA) is 98.8 Å². The maximum Gasteiger partial charge on any atom is 0.324 e. The zero-order valence-corrected chi connectivity index (χ0v) is 17.0. The monoisotopic (exact) mass is 417 g/mol. The molecule has 0 amide bonds. The number of hydrogen-bond acceptors (Lipinski definition) is 6. The molecule has 0 radical (unpaired) electrons. The zero-order chi connectivity index (χ0) is 21.3. The number of Topliss-reactive ketones (excluding diaryl/α,β-unsaturated/α-hetero) is 1. The van der Waals surface area contributed by atoms with E-state index in [2.05, 4.69) is 4.72 Å². The first kappa shape index (κ1) is 22.3. The minimum atomic E-state index is -3.86. The summed E-state index contributed by atoms with van der Waals surface area (Å²) in [5.74, 6) is -0.617. The highest BCUT2D eigenvalue weighted by molar-refractivity contribution is 7.92. The highest BCUT2D eigenvalue weighted by atomic mass is 32.2. The smallest absolute Gasteiger partial charge is 0.324 e. The van der Waals surface area contributed by atoms with Gasteiger partial charge in [0.2, 0.25) is 10.0 Å². The van der Waals surface area contributed by atoms with E-state index in [0.29, 0.717) is 23.5 Å². The maximum absolute atomic E-state index is 12.1. The molecule has 8 heteroatoms. The Balaban J connectivity index is 1.86. The average molecular weight is 417 g/mol. The number of rotatable bonds is 10. The predicted molar refractivity (Wildman–Crippen MR) is 110 cm³/mol. The Morgan fingerprint density at radius 2 is 1.72 bits per heavy atom. The normalized spacial score (nSPS) is 12.5. The van der Waals surface area contributed by atoms with Crippen molar-refractivity contribution in [2.45, 2.75) is 19.9 Å². The third kappa shape index (κ3) is 7.52. The minimum absolute atomic E-state index is 0.361. The summed E-state index contributed by atoms with van der Waals surface area (Å²) < 4.78 is 36.6. The van der Waals surface area contributed by atoms with E-state index in [9.17, 15) is 18.0 Å². The molecule has 0 aliphatic rings. The number of carbonyl (C=O) groups is 2. The van der Waals surface area contributed by atoms with Crippen molar-refractivity contribution in [1.29, 1.82) is 0 Å². The highest BCUT2D eigenvalue weighted by Gasteiger charge is 2.21. The van der Waals surface area contributed by atoms with Gasteiger partial charge in [-0.05, 0) is 49.8 Å².